The molecule has 0 aromatic carbocycles. The van der Waals surface area contributed by atoms with E-state index in [2.05, 4.69) is 31.8 Å². The first-order valence-electron chi connectivity index (χ1n) is 7.42. The summed E-state index contributed by atoms with van der Waals surface area (Å²) in [4.78, 5) is 4.64. The molecular formula is C15H23BrN2. The fraction of sp³-hybridized carbons (Fsp3) is 0.800. The summed E-state index contributed by atoms with van der Waals surface area (Å²) in [5.74, 6) is 0. The van der Waals surface area contributed by atoms with E-state index in [1.165, 1.54) is 75.7 Å². The van der Waals surface area contributed by atoms with Gasteiger partial charge in [-0.2, -0.15) is 0 Å². The summed E-state index contributed by atoms with van der Waals surface area (Å²) in [6, 6.07) is 0. The molecule has 3 heteroatoms. The predicted molar refractivity (Wildman–Crippen MR) is 78.2 cm³/mol. The van der Waals surface area contributed by atoms with Gasteiger partial charge in [0, 0.05) is 17.6 Å². The van der Waals surface area contributed by atoms with Crippen molar-refractivity contribution in [1.29, 1.82) is 0 Å². The highest BCUT2D eigenvalue weighted by atomic mass is 79.9. The second-order valence-corrected chi connectivity index (χ2v) is 6.73. The first-order valence-corrected chi connectivity index (χ1v) is 8.54. The van der Waals surface area contributed by atoms with Crippen LogP contribution < -0.4 is 0 Å². The van der Waals surface area contributed by atoms with Crippen molar-refractivity contribution < 1.29 is 0 Å². The summed E-state index contributed by atoms with van der Waals surface area (Å²) in [6.45, 7) is 1.18. The fourth-order valence-corrected chi connectivity index (χ4v) is 4.40. The summed E-state index contributed by atoms with van der Waals surface area (Å²) in [5, 5.41) is 1.15. The molecule has 1 heterocycles. The number of alkyl halides is 1. The van der Waals surface area contributed by atoms with Crippen molar-refractivity contribution in [1.82, 2.24) is 9.55 Å². The van der Waals surface area contributed by atoms with Gasteiger partial charge in [0.05, 0.1) is 12.0 Å². The lowest BCUT2D eigenvalue weighted by atomic mass is 9.75. The number of hydrogen-bond donors (Lipinski definition) is 0. The first kappa shape index (κ1) is 12.7. The second kappa shape index (κ2) is 5.36. The van der Waals surface area contributed by atoms with E-state index in [0.29, 0.717) is 5.41 Å². The molecule has 0 unspecified atom stereocenters. The van der Waals surface area contributed by atoms with Crippen LogP contribution in [0.15, 0.2) is 6.33 Å². The summed E-state index contributed by atoms with van der Waals surface area (Å²) >= 11 is 3.78. The molecule has 18 heavy (non-hydrogen) atoms. The molecule has 0 amide bonds. The maximum absolute atomic E-state index is 4.64. The molecule has 0 bridgehead atoms. The zero-order valence-corrected chi connectivity index (χ0v) is 12.7. The molecule has 1 fully saturated rings. The zero-order chi connectivity index (χ0) is 12.4. The smallest absolute Gasteiger partial charge is 0.0951 e. The van der Waals surface area contributed by atoms with E-state index in [9.17, 15) is 0 Å². The number of halogens is 1. The van der Waals surface area contributed by atoms with Gasteiger partial charge in [0.15, 0.2) is 0 Å². The third kappa shape index (κ3) is 2.38. The van der Waals surface area contributed by atoms with Gasteiger partial charge in [0.2, 0.25) is 0 Å². The van der Waals surface area contributed by atoms with Crippen molar-refractivity contribution >= 4 is 15.9 Å². The van der Waals surface area contributed by atoms with E-state index in [4.69, 9.17) is 0 Å². The predicted octanol–water partition coefficient (Wildman–Crippen LogP) is 4.11. The van der Waals surface area contributed by atoms with E-state index in [0.717, 1.165) is 5.33 Å². The van der Waals surface area contributed by atoms with Crippen molar-refractivity contribution in [2.24, 2.45) is 5.41 Å². The van der Waals surface area contributed by atoms with Crippen LogP contribution in [0.2, 0.25) is 0 Å². The number of rotatable bonds is 3. The van der Waals surface area contributed by atoms with Crippen molar-refractivity contribution in [2.45, 2.75) is 64.3 Å². The van der Waals surface area contributed by atoms with Gasteiger partial charge in [-0.05, 0) is 43.9 Å². The third-order valence-electron chi connectivity index (χ3n) is 4.81. The molecular weight excluding hydrogens is 288 g/mol. The number of fused-ring (bicyclic) bond motifs is 1. The van der Waals surface area contributed by atoms with Crippen molar-refractivity contribution in [3.63, 3.8) is 0 Å². The minimum atomic E-state index is 0.490. The van der Waals surface area contributed by atoms with Gasteiger partial charge in [0.1, 0.15) is 0 Å². The molecule has 0 atom stereocenters. The lowest BCUT2D eigenvalue weighted by Gasteiger charge is -2.36. The summed E-state index contributed by atoms with van der Waals surface area (Å²) in [7, 11) is 0. The van der Waals surface area contributed by atoms with Crippen LogP contribution in [0, 0.1) is 5.41 Å². The Morgan fingerprint density at radius 2 is 1.89 bits per heavy atom. The minimum Gasteiger partial charge on any atom is -0.334 e. The lowest BCUT2D eigenvalue weighted by molar-refractivity contribution is 0.189. The molecule has 0 radical (unpaired) electrons. The van der Waals surface area contributed by atoms with E-state index >= 15 is 0 Å². The highest BCUT2D eigenvalue weighted by Gasteiger charge is 2.32. The first-order chi connectivity index (χ1) is 8.83. The fourth-order valence-electron chi connectivity index (χ4n) is 3.66. The van der Waals surface area contributed by atoms with Gasteiger partial charge in [0.25, 0.3) is 0 Å². The van der Waals surface area contributed by atoms with Crippen molar-refractivity contribution in [3.8, 4) is 0 Å². The van der Waals surface area contributed by atoms with Crippen molar-refractivity contribution in [2.75, 3.05) is 5.33 Å². The summed E-state index contributed by atoms with van der Waals surface area (Å²) in [5.41, 5.74) is 3.40. The molecule has 2 nitrogen and oxygen atoms in total. The average molecular weight is 311 g/mol. The Hall–Kier alpha value is -0.310. The molecule has 2 aliphatic rings. The quantitative estimate of drug-likeness (QED) is 0.768. The Labute approximate surface area is 118 Å². The van der Waals surface area contributed by atoms with Gasteiger partial charge < -0.3 is 4.57 Å². The largest absolute Gasteiger partial charge is 0.334 e. The normalized spacial score (nSPS) is 22.7. The number of hydrogen-bond acceptors (Lipinski definition) is 1. The monoisotopic (exact) mass is 310 g/mol. The van der Waals surface area contributed by atoms with Gasteiger partial charge in [-0.15, -0.1) is 0 Å². The molecule has 100 valence electrons. The van der Waals surface area contributed by atoms with Crippen molar-refractivity contribution in [3.05, 3.63) is 17.7 Å². The van der Waals surface area contributed by atoms with Crippen LogP contribution >= 0.6 is 15.9 Å². The Balaban J connectivity index is 1.80. The standard InChI is InChI=1S/C15H23BrN2/c16-10-15(8-4-1-5-9-15)11-18-12-17-13-6-2-3-7-14(13)18/h12H,1-11H2. The van der Waals surface area contributed by atoms with Crippen LogP contribution in [0.1, 0.15) is 56.3 Å². The van der Waals surface area contributed by atoms with Crippen LogP contribution in [0.5, 0.6) is 0 Å². The SMILES string of the molecule is BrCC1(Cn2cnc3c2CCCC3)CCCCC1. The molecule has 1 saturated carbocycles. The molecule has 0 saturated heterocycles. The molecule has 2 aliphatic carbocycles. The number of aryl methyl sites for hydroxylation is 1. The minimum absolute atomic E-state index is 0.490. The highest BCUT2D eigenvalue weighted by molar-refractivity contribution is 9.09. The maximum atomic E-state index is 4.64. The Kier molecular flexibility index (Phi) is 3.78. The number of aromatic nitrogens is 2. The topological polar surface area (TPSA) is 17.8 Å². The lowest BCUT2D eigenvalue weighted by Crippen LogP contribution is -2.31. The summed E-state index contributed by atoms with van der Waals surface area (Å²) < 4.78 is 2.47. The van der Waals surface area contributed by atoms with E-state index in [1.807, 2.05) is 0 Å². The number of imidazole rings is 1. The van der Waals surface area contributed by atoms with E-state index in [-0.39, 0.29) is 0 Å². The number of nitrogens with zero attached hydrogens (tertiary/aromatic N) is 2. The molecule has 1 aromatic heterocycles. The van der Waals surface area contributed by atoms with Gasteiger partial charge in [-0.1, -0.05) is 35.2 Å². The molecule has 3 rings (SSSR count). The second-order valence-electron chi connectivity index (χ2n) is 6.17. The highest BCUT2D eigenvalue weighted by Crippen LogP contribution is 2.40. The van der Waals surface area contributed by atoms with Crippen LogP contribution in [0.3, 0.4) is 0 Å². The van der Waals surface area contributed by atoms with E-state index in [1.54, 1.807) is 0 Å². The van der Waals surface area contributed by atoms with Crippen LogP contribution in [-0.2, 0) is 19.4 Å². The Bertz CT molecular complexity index is 405. The molecule has 0 N–H and O–H groups in total. The van der Waals surface area contributed by atoms with Gasteiger partial charge >= 0.3 is 0 Å². The maximum Gasteiger partial charge on any atom is 0.0951 e. The Morgan fingerprint density at radius 3 is 2.67 bits per heavy atom. The summed E-state index contributed by atoms with van der Waals surface area (Å²) in [6.07, 6.45) is 14.2. The Morgan fingerprint density at radius 1 is 1.11 bits per heavy atom. The van der Waals surface area contributed by atoms with Gasteiger partial charge in [-0.25, -0.2) is 4.98 Å². The van der Waals surface area contributed by atoms with Crippen LogP contribution in [0.25, 0.3) is 0 Å². The van der Waals surface area contributed by atoms with E-state index < -0.39 is 0 Å². The molecule has 1 aromatic rings. The van der Waals surface area contributed by atoms with Gasteiger partial charge in [-0.3, -0.25) is 0 Å². The zero-order valence-electron chi connectivity index (χ0n) is 11.1. The third-order valence-corrected chi connectivity index (χ3v) is 6.00. The molecule has 0 aliphatic heterocycles. The van der Waals surface area contributed by atoms with Crippen LogP contribution in [0.4, 0.5) is 0 Å². The molecule has 0 spiro atoms. The van der Waals surface area contributed by atoms with Crippen LogP contribution in [-0.4, -0.2) is 14.9 Å². The average Bonchev–Trinajstić information content (AvgIpc) is 2.83.